The third-order valence-corrected chi connectivity index (χ3v) is 6.20. The van der Waals surface area contributed by atoms with Crippen molar-refractivity contribution in [1.82, 2.24) is 15.5 Å². The molecule has 0 spiro atoms. The molecule has 1 aliphatic carbocycles. The molecule has 2 aliphatic rings. The van der Waals surface area contributed by atoms with Crippen LogP contribution >= 0.6 is 24.0 Å². The van der Waals surface area contributed by atoms with E-state index < -0.39 is 9.84 Å². The van der Waals surface area contributed by atoms with Gasteiger partial charge < -0.3 is 20.3 Å². The van der Waals surface area contributed by atoms with E-state index in [1.54, 1.807) is 7.05 Å². The monoisotopic (exact) mass is 502 g/mol. The van der Waals surface area contributed by atoms with Crippen LogP contribution in [0.15, 0.2) is 4.99 Å². The first-order valence-corrected chi connectivity index (χ1v) is 10.7. The van der Waals surface area contributed by atoms with E-state index in [4.69, 9.17) is 4.74 Å². The Hall–Kier alpha value is -0.620. The van der Waals surface area contributed by atoms with E-state index in [1.807, 2.05) is 11.9 Å². The van der Waals surface area contributed by atoms with E-state index in [1.165, 1.54) is 12.8 Å². The standard InChI is InChI=1S/C16H30N4O4S.HI/c1-17-16(20(2)8-9-24-11-13-3-4-13)18-7-5-15(21)19-14-6-10-25(22,23)12-14;/h13-14H,3-12H2,1-2H3,(H,17,18)(H,19,21);1H. The maximum atomic E-state index is 11.9. The zero-order valence-corrected chi connectivity index (χ0v) is 18.7. The van der Waals surface area contributed by atoms with Gasteiger partial charge in [-0.25, -0.2) is 8.42 Å². The molecule has 26 heavy (non-hydrogen) atoms. The van der Waals surface area contributed by atoms with Crippen molar-refractivity contribution in [2.45, 2.75) is 31.7 Å². The number of halogens is 1. The van der Waals surface area contributed by atoms with Gasteiger partial charge in [-0.05, 0) is 25.2 Å². The summed E-state index contributed by atoms with van der Waals surface area (Å²) in [5.74, 6) is 1.55. The first kappa shape index (κ1) is 23.4. The molecule has 0 aromatic rings. The van der Waals surface area contributed by atoms with Crippen molar-refractivity contribution in [3.63, 3.8) is 0 Å². The van der Waals surface area contributed by atoms with Crippen LogP contribution in [-0.2, 0) is 19.4 Å². The normalized spacial score (nSPS) is 21.8. The second-order valence-electron chi connectivity index (χ2n) is 6.83. The molecule has 2 N–H and O–H groups in total. The number of nitrogens with zero attached hydrogens (tertiary/aromatic N) is 2. The maximum absolute atomic E-state index is 11.9. The molecule has 1 amide bonds. The van der Waals surface area contributed by atoms with Gasteiger partial charge in [-0.1, -0.05) is 0 Å². The van der Waals surface area contributed by atoms with Crippen molar-refractivity contribution in [3.8, 4) is 0 Å². The van der Waals surface area contributed by atoms with Crippen molar-refractivity contribution < 1.29 is 17.9 Å². The molecule has 152 valence electrons. The van der Waals surface area contributed by atoms with Gasteiger partial charge in [0, 0.05) is 46.3 Å². The van der Waals surface area contributed by atoms with Gasteiger partial charge >= 0.3 is 0 Å². The number of ether oxygens (including phenoxy) is 1. The molecule has 2 fully saturated rings. The first-order valence-electron chi connectivity index (χ1n) is 8.89. The summed E-state index contributed by atoms with van der Waals surface area (Å²) in [6.07, 6.45) is 3.36. The first-order chi connectivity index (χ1) is 11.9. The number of guanidine groups is 1. The highest BCUT2D eigenvalue weighted by molar-refractivity contribution is 14.0. The molecule has 1 unspecified atom stereocenters. The number of rotatable bonds is 9. The minimum Gasteiger partial charge on any atom is -0.379 e. The maximum Gasteiger partial charge on any atom is 0.222 e. The molecule has 0 bridgehead atoms. The van der Waals surface area contributed by atoms with Crippen molar-refractivity contribution in [2.75, 3.05) is 51.9 Å². The molecule has 0 radical (unpaired) electrons. The lowest BCUT2D eigenvalue weighted by atomic mass is 10.2. The van der Waals surface area contributed by atoms with E-state index in [0.29, 0.717) is 25.5 Å². The van der Waals surface area contributed by atoms with E-state index in [2.05, 4.69) is 15.6 Å². The van der Waals surface area contributed by atoms with Gasteiger partial charge in [-0.15, -0.1) is 24.0 Å². The highest BCUT2D eigenvalue weighted by Crippen LogP contribution is 2.28. The number of nitrogens with one attached hydrogen (secondary N) is 2. The molecule has 1 heterocycles. The number of sulfone groups is 1. The third kappa shape index (κ3) is 8.85. The number of aliphatic imine (C=N–C) groups is 1. The Morgan fingerprint density at radius 2 is 2.04 bits per heavy atom. The van der Waals surface area contributed by atoms with Crippen molar-refractivity contribution in [2.24, 2.45) is 10.9 Å². The van der Waals surface area contributed by atoms with Crippen LogP contribution in [-0.4, -0.2) is 83.1 Å². The number of hydrogen-bond donors (Lipinski definition) is 2. The number of hydrogen-bond acceptors (Lipinski definition) is 5. The van der Waals surface area contributed by atoms with E-state index >= 15 is 0 Å². The summed E-state index contributed by atoms with van der Waals surface area (Å²) >= 11 is 0. The summed E-state index contributed by atoms with van der Waals surface area (Å²) in [5, 5.41) is 5.93. The van der Waals surface area contributed by atoms with Crippen LogP contribution < -0.4 is 10.6 Å². The van der Waals surface area contributed by atoms with E-state index in [9.17, 15) is 13.2 Å². The van der Waals surface area contributed by atoms with Gasteiger partial charge in [0.1, 0.15) is 0 Å². The fourth-order valence-corrected chi connectivity index (χ4v) is 4.40. The molecule has 8 nitrogen and oxygen atoms in total. The minimum atomic E-state index is -2.97. The fourth-order valence-electron chi connectivity index (χ4n) is 2.72. The van der Waals surface area contributed by atoms with Crippen LogP contribution in [0.4, 0.5) is 0 Å². The number of carbonyl (C=O) groups excluding carboxylic acids is 1. The lowest BCUT2D eigenvalue weighted by Gasteiger charge is -2.22. The van der Waals surface area contributed by atoms with Crippen LogP contribution in [0.2, 0.25) is 0 Å². The summed E-state index contributed by atoms with van der Waals surface area (Å²) in [4.78, 5) is 18.1. The predicted octanol–water partition coefficient (Wildman–Crippen LogP) is 0.232. The summed E-state index contributed by atoms with van der Waals surface area (Å²) < 4.78 is 28.4. The van der Waals surface area contributed by atoms with Crippen LogP contribution in [0.3, 0.4) is 0 Å². The molecule has 0 aromatic heterocycles. The van der Waals surface area contributed by atoms with Gasteiger partial charge in [0.15, 0.2) is 15.8 Å². The second kappa shape index (κ2) is 11.3. The summed E-state index contributed by atoms with van der Waals surface area (Å²) in [6, 6.07) is -0.247. The second-order valence-corrected chi connectivity index (χ2v) is 9.06. The van der Waals surface area contributed by atoms with Crippen LogP contribution in [0.25, 0.3) is 0 Å². The van der Waals surface area contributed by atoms with Crippen molar-refractivity contribution >= 4 is 45.7 Å². The lowest BCUT2D eigenvalue weighted by Crippen LogP contribution is -2.43. The Morgan fingerprint density at radius 1 is 1.31 bits per heavy atom. The average molecular weight is 502 g/mol. The minimum absolute atomic E-state index is 0. The SMILES string of the molecule is CN=C(NCCC(=O)NC1CCS(=O)(=O)C1)N(C)CCOCC1CC1.I. The Bertz CT molecular complexity index is 581. The molecule has 1 saturated carbocycles. The number of likely N-dealkylation sites (N-methyl/N-ethyl adjacent to an activating group) is 1. The van der Waals surface area contributed by atoms with Crippen molar-refractivity contribution in [3.05, 3.63) is 0 Å². The smallest absolute Gasteiger partial charge is 0.222 e. The zero-order valence-electron chi connectivity index (χ0n) is 15.6. The largest absolute Gasteiger partial charge is 0.379 e. The molecule has 1 atom stereocenters. The Balaban J connectivity index is 0.00000338. The zero-order chi connectivity index (χ0) is 18.3. The summed E-state index contributed by atoms with van der Waals surface area (Å²) in [6.45, 7) is 2.69. The molecule has 2 rings (SSSR count). The molecular formula is C16H31IN4O4S. The topological polar surface area (TPSA) is 100 Å². The van der Waals surface area contributed by atoms with Gasteiger partial charge in [0.25, 0.3) is 0 Å². The highest BCUT2D eigenvalue weighted by Gasteiger charge is 2.28. The Morgan fingerprint density at radius 3 is 2.62 bits per heavy atom. The predicted molar refractivity (Wildman–Crippen MR) is 113 cm³/mol. The number of amides is 1. The third-order valence-electron chi connectivity index (χ3n) is 4.43. The van der Waals surface area contributed by atoms with Crippen LogP contribution in [0.5, 0.6) is 0 Å². The van der Waals surface area contributed by atoms with Gasteiger partial charge in [0.2, 0.25) is 5.91 Å². The molecule has 1 aliphatic heterocycles. The molecular weight excluding hydrogens is 471 g/mol. The lowest BCUT2D eigenvalue weighted by molar-refractivity contribution is -0.121. The van der Waals surface area contributed by atoms with Gasteiger partial charge in [-0.3, -0.25) is 9.79 Å². The van der Waals surface area contributed by atoms with Crippen LogP contribution in [0, 0.1) is 5.92 Å². The van der Waals surface area contributed by atoms with E-state index in [-0.39, 0.29) is 53.9 Å². The fraction of sp³-hybridized carbons (Fsp3) is 0.875. The van der Waals surface area contributed by atoms with E-state index in [0.717, 1.165) is 19.1 Å². The Labute approximate surface area is 173 Å². The Kier molecular flexibility index (Phi) is 10.2. The van der Waals surface area contributed by atoms with Gasteiger partial charge in [-0.2, -0.15) is 0 Å². The molecule has 1 saturated heterocycles. The average Bonchev–Trinajstić information content (AvgIpc) is 3.31. The van der Waals surface area contributed by atoms with Crippen molar-refractivity contribution in [1.29, 1.82) is 0 Å². The van der Waals surface area contributed by atoms with Gasteiger partial charge in [0.05, 0.1) is 18.1 Å². The summed E-state index contributed by atoms with van der Waals surface area (Å²) in [7, 11) is 0.661. The summed E-state index contributed by atoms with van der Waals surface area (Å²) in [5.41, 5.74) is 0. The molecule has 0 aromatic carbocycles. The number of carbonyl (C=O) groups is 1. The molecule has 10 heteroatoms. The highest BCUT2D eigenvalue weighted by atomic mass is 127. The quantitative estimate of drug-likeness (QED) is 0.203. The van der Waals surface area contributed by atoms with Crippen LogP contribution in [0.1, 0.15) is 25.7 Å².